The van der Waals surface area contributed by atoms with E-state index in [9.17, 15) is 4.79 Å². The normalized spacial score (nSPS) is 13.9. The van der Waals surface area contributed by atoms with E-state index in [0.717, 1.165) is 46.6 Å². The Balaban J connectivity index is 1.45. The van der Waals surface area contributed by atoms with Gasteiger partial charge in [-0.05, 0) is 43.7 Å². The van der Waals surface area contributed by atoms with Gasteiger partial charge in [0.15, 0.2) is 0 Å². The molecule has 1 aromatic carbocycles. The highest BCUT2D eigenvalue weighted by atomic mass is 16.5. The van der Waals surface area contributed by atoms with E-state index in [1.54, 1.807) is 18.6 Å². The number of ether oxygens (including phenoxy) is 1. The number of aromatic nitrogens is 4. The Morgan fingerprint density at radius 3 is 2.62 bits per heavy atom. The highest BCUT2D eigenvalue weighted by Crippen LogP contribution is 2.31. The third-order valence-corrected chi connectivity index (χ3v) is 5.72. The SMILES string of the molecule is CC(C)Nc1c(C(=O)Nc2ccc(N3CCOCC3)nc2)cnc2ccc(-c3cn[nH]c3)cc12. The predicted molar refractivity (Wildman–Crippen MR) is 133 cm³/mol. The van der Waals surface area contributed by atoms with Gasteiger partial charge in [0.25, 0.3) is 5.91 Å². The topological polar surface area (TPSA) is 108 Å². The molecule has 5 rings (SSSR count). The van der Waals surface area contributed by atoms with Crippen molar-refractivity contribution in [2.24, 2.45) is 0 Å². The van der Waals surface area contributed by atoms with Gasteiger partial charge in [-0.15, -0.1) is 0 Å². The number of nitrogens with one attached hydrogen (secondary N) is 3. The lowest BCUT2D eigenvalue weighted by Crippen LogP contribution is -2.36. The predicted octanol–water partition coefficient (Wildman–Crippen LogP) is 3.93. The van der Waals surface area contributed by atoms with Crippen LogP contribution in [0.5, 0.6) is 0 Å². The minimum Gasteiger partial charge on any atom is -0.382 e. The lowest BCUT2D eigenvalue weighted by atomic mass is 10.0. The first-order valence-corrected chi connectivity index (χ1v) is 11.4. The van der Waals surface area contributed by atoms with Crippen molar-refractivity contribution in [3.8, 4) is 11.1 Å². The number of anilines is 3. The number of morpholine rings is 1. The number of hydrogen-bond donors (Lipinski definition) is 3. The second-order valence-corrected chi connectivity index (χ2v) is 8.52. The van der Waals surface area contributed by atoms with Crippen molar-refractivity contribution in [3.63, 3.8) is 0 Å². The first kappa shape index (κ1) is 21.8. The largest absolute Gasteiger partial charge is 0.382 e. The summed E-state index contributed by atoms with van der Waals surface area (Å²) in [5.74, 6) is 0.634. The summed E-state index contributed by atoms with van der Waals surface area (Å²) in [4.78, 5) is 24.5. The highest BCUT2D eigenvalue weighted by Gasteiger charge is 2.18. The van der Waals surface area contributed by atoms with E-state index in [2.05, 4.69) is 35.7 Å². The average Bonchev–Trinajstić information content (AvgIpc) is 3.40. The van der Waals surface area contributed by atoms with Crippen LogP contribution in [0.3, 0.4) is 0 Å². The quantitative estimate of drug-likeness (QED) is 0.403. The molecule has 0 atom stereocenters. The number of aromatic amines is 1. The number of carbonyl (C=O) groups is 1. The lowest BCUT2D eigenvalue weighted by molar-refractivity contribution is 0.102. The zero-order chi connectivity index (χ0) is 23.5. The summed E-state index contributed by atoms with van der Waals surface area (Å²) in [6.07, 6.45) is 6.92. The molecule has 0 unspecified atom stereocenters. The van der Waals surface area contributed by atoms with Crippen LogP contribution < -0.4 is 15.5 Å². The molecule has 9 nitrogen and oxygen atoms in total. The Morgan fingerprint density at radius 2 is 1.91 bits per heavy atom. The summed E-state index contributed by atoms with van der Waals surface area (Å²) >= 11 is 0. The minimum absolute atomic E-state index is 0.129. The van der Waals surface area contributed by atoms with Crippen molar-refractivity contribution in [2.75, 3.05) is 41.8 Å². The van der Waals surface area contributed by atoms with Gasteiger partial charge in [0.2, 0.25) is 0 Å². The molecule has 1 amide bonds. The fourth-order valence-corrected chi connectivity index (χ4v) is 4.04. The summed E-state index contributed by atoms with van der Waals surface area (Å²) in [6.45, 7) is 7.11. The molecule has 0 bridgehead atoms. The fourth-order valence-electron chi connectivity index (χ4n) is 4.04. The molecule has 4 aromatic rings. The Labute approximate surface area is 197 Å². The van der Waals surface area contributed by atoms with Gasteiger partial charge >= 0.3 is 0 Å². The molecule has 0 saturated carbocycles. The second-order valence-electron chi connectivity index (χ2n) is 8.52. The van der Waals surface area contributed by atoms with Gasteiger partial charge in [-0.25, -0.2) is 4.98 Å². The molecule has 3 aromatic heterocycles. The average molecular weight is 458 g/mol. The van der Waals surface area contributed by atoms with E-state index in [0.29, 0.717) is 24.5 Å². The summed E-state index contributed by atoms with van der Waals surface area (Å²) in [6, 6.07) is 9.91. The van der Waals surface area contributed by atoms with Gasteiger partial charge in [0, 0.05) is 42.5 Å². The van der Waals surface area contributed by atoms with E-state index >= 15 is 0 Å². The van der Waals surface area contributed by atoms with Crippen molar-refractivity contribution in [3.05, 3.63) is 60.7 Å². The van der Waals surface area contributed by atoms with Crippen molar-refractivity contribution in [1.82, 2.24) is 20.2 Å². The number of rotatable bonds is 6. The van der Waals surface area contributed by atoms with Gasteiger partial charge in [-0.1, -0.05) is 6.07 Å². The van der Waals surface area contributed by atoms with E-state index < -0.39 is 0 Å². The van der Waals surface area contributed by atoms with E-state index in [1.165, 1.54) is 0 Å². The smallest absolute Gasteiger partial charge is 0.259 e. The lowest BCUT2D eigenvalue weighted by Gasteiger charge is -2.27. The third kappa shape index (κ3) is 4.55. The Morgan fingerprint density at radius 1 is 1.06 bits per heavy atom. The minimum atomic E-state index is -0.243. The standard InChI is InChI=1S/C25H27N7O2/c1-16(2)30-24-20-11-17(18-12-28-29-13-18)3-5-22(20)26-15-21(24)25(33)31-19-4-6-23(27-14-19)32-7-9-34-10-8-32/h3-6,11-16H,7-10H2,1-2H3,(H,26,30)(H,28,29)(H,31,33). The molecule has 34 heavy (non-hydrogen) atoms. The van der Waals surface area contributed by atoms with Gasteiger partial charge < -0.3 is 20.3 Å². The number of pyridine rings is 2. The number of hydrogen-bond acceptors (Lipinski definition) is 7. The van der Waals surface area contributed by atoms with Crippen LogP contribution >= 0.6 is 0 Å². The number of amides is 1. The van der Waals surface area contributed by atoms with Crippen LogP contribution in [0.4, 0.5) is 17.2 Å². The molecule has 9 heteroatoms. The van der Waals surface area contributed by atoms with Crippen LogP contribution in [0.2, 0.25) is 0 Å². The number of nitrogens with zero attached hydrogens (tertiary/aromatic N) is 4. The Bertz CT molecular complexity index is 1280. The van der Waals surface area contributed by atoms with E-state index in [1.807, 2.05) is 50.4 Å². The number of H-pyrrole nitrogens is 1. The maximum atomic E-state index is 13.3. The molecule has 1 aliphatic rings. The molecule has 0 aliphatic carbocycles. The van der Waals surface area contributed by atoms with E-state index in [-0.39, 0.29) is 11.9 Å². The summed E-state index contributed by atoms with van der Waals surface area (Å²) < 4.78 is 5.40. The second kappa shape index (κ2) is 9.48. The maximum absolute atomic E-state index is 13.3. The van der Waals surface area contributed by atoms with Gasteiger partial charge in [-0.3, -0.25) is 14.9 Å². The molecular weight excluding hydrogens is 430 g/mol. The van der Waals surface area contributed by atoms with Crippen LogP contribution in [-0.4, -0.2) is 58.4 Å². The van der Waals surface area contributed by atoms with Gasteiger partial charge in [0.05, 0.1) is 48.1 Å². The summed E-state index contributed by atoms with van der Waals surface area (Å²) in [7, 11) is 0. The molecular formula is C25H27N7O2. The van der Waals surface area contributed by atoms with Crippen molar-refractivity contribution in [1.29, 1.82) is 0 Å². The van der Waals surface area contributed by atoms with Crippen LogP contribution in [-0.2, 0) is 4.74 Å². The van der Waals surface area contributed by atoms with Gasteiger partial charge in [0.1, 0.15) is 5.82 Å². The maximum Gasteiger partial charge on any atom is 0.259 e. The first-order chi connectivity index (χ1) is 16.6. The Kier molecular flexibility index (Phi) is 6.09. The van der Waals surface area contributed by atoms with Crippen molar-refractivity contribution < 1.29 is 9.53 Å². The number of fused-ring (bicyclic) bond motifs is 1. The summed E-state index contributed by atoms with van der Waals surface area (Å²) in [5, 5.41) is 14.2. The molecule has 1 aliphatic heterocycles. The first-order valence-electron chi connectivity index (χ1n) is 11.4. The van der Waals surface area contributed by atoms with Crippen molar-refractivity contribution in [2.45, 2.75) is 19.9 Å². The number of carbonyl (C=O) groups excluding carboxylic acids is 1. The highest BCUT2D eigenvalue weighted by molar-refractivity contribution is 6.12. The van der Waals surface area contributed by atoms with Gasteiger partial charge in [-0.2, -0.15) is 5.10 Å². The third-order valence-electron chi connectivity index (χ3n) is 5.72. The zero-order valence-corrected chi connectivity index (χ0v) is 19.2. The summed E-state index contributed by atoms with van der Waals surface area (Å²) in [5.41, 5.74) is 4.63. The van der Waals surface area contributed by atoms with Crippen LogP contribution in [0.15, 0.2) is 55.1 Å². The molecule has 1 fully saturated rings. The zero-order valence-electron chi connectivity index (χ0n) is 19.2. The fraction of sp³-hybridized carbons (Fsp3) is 0.280. The van der Waals surface area contributed by atoms with Crippen LogP contribution in [0.25, 0.3) is 22.0 Å². The molecule has 0 spiro atoms. The molecule has 174 valence electrons. The van der Waals surface area contributed by atoms with Crippen molar-refractivity contribution >= 4 is 34.0 Å². The van der Waals surface area contributed by atoms with Crippen LogP contribution in [0, 0.1) is 0 Å². The molecule has 0 radical (unpaired) electrons. The Hall–Kier alpha value is -3.98. The van der Waals surface area contributed by atoms with Crippen LogP contribution in [0.1, 0.15) is 24.2 Å². The molecule has 1 saturated heterocycles. The monoisotopic (exact) mass is 457 g/mol. The molecule has 3 N–H and O–H groups in total. The number of benzene rings is 1. The van der Waals surface area contributed by atoms with E-state index in [4.69, 9.17) is 4.74 Å². The molecule has 4 heterocycles.